The van der Waals surface area contributed by atoms with Crippen LogP contribution in [0.3, 0.4) is 0 Å². The molecule has 0 radical (unpaired) electrons. The number of nitrogens with zero attached hydrogens (tertiary/aromatic N) is 5. The number of methoxy groups -OCH3 is 1. The summed E-state index contributed by atoms with van der Waals surface area (Å²) in [7, 11) is 0.0807. The maximum Gasteiger partial charge on any atom is 0.273 e. The topological polar surface area (TPSA) is 145 Å². The van der Waals surface area contributed by atoms with Crippen molar-refractivity contribution in [1.29, 1.82) is 0 Å². The number of likely N-dealkylation sites (N-methyl/N-ethyl adjacent to an activating group) is 1. The van der Waals surface area contributed by atoms with Crippen LogP contribution in [0, 0.1) is 0 Å². The van der Waals surface area contributed by atoms with Crippen molar-refractivity contribution in [2.45, 2.75) is 17.9 Å². The van der Waals surface area contributed by atoms with E-state index in [1.165, 1.54) is 16.3 Å². The predicted molar refractivity (Wildman–Crippen MR) is 135 cm³/mol. The molecule has 2 aromatic heterocycles. The maximum atomic E-state index is 12.4. The number of rotatable bonds is 6. The van der Waals surface area contributed by atoms with E-state index in [2.05, 4.69) is 32.4 Å². The van der Waals surface area contributed by atoms with Gasteiger partial charge < -0.3 is 20.7 Å². The minimum absolute atomic E-state index is 0.0581. The van der Waals surface area contributed by atoms with E-state index in [9.17, 15) is 13.2 Å². The number of para-hydroxylation sites is 1. The van der Waals surface area contributed by atoms with Gasteiger partial charge in [-0.1, -0.05) is 18.2 Å². The second-order valence-corrected chi connectivity index (χ2v) is 10.7. The van der Waals surface area contributed by atoms with E-state index in [-0.39, 0.29) is 22.4 Å². The normalized spacial score (nSPS) is 14.0. The number of amides is 1. The molecule has 186 valence electrons. The highest BCUT2D eigenvalue weighted by Crippen LogP contribution is 2.33. The zero-order valence-electron chi connectivity index (χ0n) is 20.0. The summed E-state index contributed by atoms with van der Waals surface area (Å²) in [6, 6.07) is 10.9. The molecule has 12 heteroatoms. The average Bonchev–Trinajstić information content (AvgIpc) is 3.23. The van der Waals surface area contributed by atoms with Gasteiger partial charge in [0.2, 0.25) is 5.95 Å². The van der Waals surface area contributed by atoms with E-state index in [1.807, 2.05) is 12.1 Å². The molecule has 0 saturated carbocycles. The van der Waals surface area contributed by atoms with E-state index in [4.69, 9.17) is 10.5 Å². The number of hydrogen-bond donors (Lipinski definition) is 2. The molecule has 3 N–H and O–H groups in total. The quantitative estimate of drug-likeness (QED) is 0.400. The number of ether oxygens (including phenoxy) is 1. The van der Waals surface area contributed by atoms with Gasteiger partial charge in [-0.25, -0.2) is 8.42 Å². The van der Waals surface area contributed by atoms with Gasteiger partial charge in [-0.3, -0.25) is 9.36 Å². The van der Waals surface area contributed by atoms with Gasteiger partial charge in [-0.2, -0.15) is 4.98 Å². The lowest BCUT2D eigenvalue weighted by Crippen LogP contribution is -2.26. The van der Waals surface area contributed by atoms with Crippen molar-refractivity contribution >= 4 is 38.3 Å². The third-order valence-electron chi connectivity index (χ3n) is 6.18. The number of benzene rings is 2. The second-order valence-electron chi connectivity index (χ2n) is 8.76. The van der Waals surface area contributed by atoms with Crippen LogP contribution < -0.4 is 15.8 Å². The molecular formula is C24H25N7O4S. The highest BCUT2D eigenvalue weighted by molar-refractivity contribution is 7.91. The Morgan fingerprint density at radius 1 is 1.17 bits per heavy atom. The van der Waals surface area contributed by atoms with Gasteiger partial charge in [-0.15, -0.1) is 10.2 Å². The zero-order chi connectivity index (χ0) is 25.6. The van der Waals surface area contributed by atoms with Crippen LogP contribution in [0.1, 0.15) is 21.6 Å². The number of fused-ring (bicyclic) bond motifs is 2. The minimum atomic E-state index is -3.57. The lowest BCUT2D eigenvalue weighted by Gasteiger charge is -2.26. The van der Waals surface area contributed by atoms with Crippen molar-refractivity contribution in [2.24, 2.45) is 5.73 Å². The van der Waals surface area contributed by atoms with Crippen molar-refractivity contribution < 1.29 is 17.9 Å². The summed E-state index contributed by atoms with van der Waals surface area (Å²) in [6.07, 6.45) is 3.45. The fraction of sp³-hybridized carbons (Fsp3) is 0.250. The first-order valence-electron chi connectivity index (χ1n) is 11.2. The maximum absolute atomic E-state index is 12.4. The van der Waals surface area contributed by atoms with Crippen LogP contribution in [-0.4, -0.2) is 65.9 Å². The van der Waals surface area contributed by atoms with Crippen LogP contribution >= 0.6 is 0 Å². The van der Waals surface area contributed by atoms with Crippen molar-refractivity contribution in [3.8, 4) is 11.6 Å². The third-order valence-corrected chi connectivity index (χ3v) is 7.30. The number of nitrogens with two attached hydrogens (primary N) is 1. The fourth-order valence-electron chi connectivity index (χ4n) is 4.43. The molecule has 11 nitrogen and oxygen atoms in total. The van der Waals surface area contributed by atoms with Gasteiger partial charge >= 0.3 is 0 Å². The van der Waals surface area contributed by atoms with E-state index >= 15 is 0 Å². The fourth-order valence-corrected chi connectivity index (χ4v) is 5.30. The number of nitrogens with one attached hydrogen (secondary N) is 1. The Morgan fingerprint density at radius 3 is 2.67 bits per heavy atom. The summed E-state index contributed by atoms with van der Waals surface area (Å²) >= 11 is 0. The molecule has 5 rings (SSSR count). The summed E-state index contributed by atoms with van der Waals surface area (Å²) < 4.78 is 32.0. The lowest BCUT2D eigenvalue weighted by molar-refractivity contribution is 0.0994. The average molecular weight is 508 g/mol. The molecule has 36 heavy (non-hydrogen) atoms. The zero-order valence-corrected chi connectivity index (χ0v) is 20.8. The Hall–Kier alpha value is -4.03. The van der Waals surface area contributed by atoms with Gasteiger partial charge in [0, 0.05) is 30.9 Å². The highest BCUT2D eigenvalue weighted by Gasteiger charge is 2.23. The van der Waals surface area contributed by atoms with Crippen LogP contribution in [-0.2, 0) is 22.8 Å². The van der Waals surface area contributed by atoms with E-state index in [1.54, 1.807) is 31.4 Å². The molecule has 1 aliphatic rings. The van der Waals surface area contributed by atoms with Gasteiger partial charge in [0.15, 0.2) is 21.3 Å². The minimum Gasteiger partial charge on any atom is -0.495 e. The molecule has 1 aliphatic heterocycles. The van der Waals surface area contributed by atoms with Crippen LogP contribution in [0.2, 0.25) is 0 Å². The number of sulfone groups is 1. The molecular weight excluding hydrogens is 482 g/mol. The summed E-state index contributed by atoms with van der Waals surface area (Å²) in [5, 5.41) is 11.7. The first-order valence-corrected chi connectivity index (χ1v) is 13.0. The summed E-state index contributed by atoms with van der Waals surface area (Å²) in [5.74, 6) is -0.0725. The lowest BCUT2D eigenvalue weighted by atomic mass is 9.99. The van der Waals surface area contributed by atoms with E-state index in [0.29, 0.717) is 22.3 Å². The smallest absolute Gasteiger partial charge is 0.273 e. The number of hydrogen-bond acceptors (Lipinski definition) is 9. The van der Waals surface area contributed by atoms with Gasteiger partial charge in [0.1, 0.15) is 5.75 Å². The Bertz CT molecular complexity index is 1610. The molecule has 0 spiro atoms. The van der Waals surface area contributed by atoms with E-state index < -0.39 is 15.7 Å². The Kier molecular flexibility index (Phi) is 5.85. The molecule has 0 unspecified atom stereocenters. The van der Waals surface area contributed by atoms with E-state index in [0.717, 1.165) is 31.3 Å². The molecule has 1 amide bonds. The predicted octanol–water partition coefficient (Wildman–Crippen LogP) is 2.06. The van der Waals surface area contributed by atoms with Crippen molar-refractivity contribution in [1.82, 2.24) is 24.6 Å². The van der Waals surface area contributed by atoms with Gasteiger partial charge in [0.25, 0.3) is 5.91 Å². The second kappa shape index (κ2) is 8.88. The number of carbonyl (C=O) groups excluding carboxylic acids is 1. The van der Waals surface area contributed by atoms with Crippen molar-refractivity contribution in [3.63, 3.8) is 0 Å². The Morgan fingerprint density at radius 2 is 1.94 bits per heavy atom. The first-order chi connectivity index (χ1) is 17.2. The summed E-state index contributed by atoms with van der Waals surface area (Å²) in [6.45, 7) is 1.76. The molecule has 0 fully saturated rings. The van der Waals surface area contributed by atoms with Crippen LogP contribution in [0.5, 0.6) is 5.75 Å². The van der Waals surface area contributed by atoms with Crippen LogP contribution in [0.4, 0.5) is 11.6 Å². The number of primary amides is 1. The monoisotopic (exact) mass is 507 g/mol. The largest absolute Gasteiger partial charge is 0.495 e. The Labute approximate surface area is 207 Å². The van der Waals surface area contributed by atoms with Gasteiger partial charge in [-0.05, 0) is 42.8 Å². The standard InChI is InChI=1S/C24H25N7O4S/c1-30-9-8-14-11-19(35-2)17(10-15(14)12-30)26-24-27-23(21(22(25)32)28-29-24)31-13-20(36(3,33)34)16-6-4-5-7-18(16)31/h4-7,10-11,13H,8-9,12H2,1-3H3,(H2,25,32)(H,26,27,29). The SMILES string of the molecule is COc1cc2c(cc1Nc1nnc(C(N)=O)c(-n3cc(S(C)(=O)=O)c4ccccc43)n1)CN(C)CC2. The number of anilines is 2. The van der Waals surface area contributed by atoms with Crippen molar-refractivity contribution in [2.75, 3.05) is 32.3 Å². The first kappa shape index (κ1) is 23.7. The van der Waals surface area contributed by atoms with Crippen molar-refractivity contribution in [3.05, 3.63) is 59.4 Å². The number of aromatic nitrogens is 4. The highest BCUT2D eigenvalue weighted by atomic mass is 32.2. The Balaban J connectivity index is 1.64. The molecule has 4 aromatic rings. The molecule has 0 saturated heterocycles. The number of carbonyl (C=O) groups is 1. The molecule has 0 aliphatic carbocycles. The molecule has 0 bridgehead atoms. The third kappa shape index (κ3) is 4.25. The van der Waals surface area contributed by atoms with Crippen LogP contribution in [0.25, 0.3) is 16.7 Å². The summed E-state index contributed by atoms with van der Waals surface area (Å²) in [4.78, 5) is 19.1. The molecule has 2 aromatic carbocycles. The van der Waals surface area contributed by atoms with Crippen LogP contribution in [0.15, 0.2) is 47.5 Å². The molecule has 0 atom stereocenters. The molecule has 3 heterocycles. The van der Waals surface area contributed by atoms with Gasteiger partial charge in [0.05, 0.1) is 23.2 Å². The summed E-state index contributed by atoms with van der Waals surface area (Å²) in [5.41, 5.74) is 8.91.